The van der Waals surface area contributed by atoms with Crippen molar-refractivity contribution in [2.75, 3.05) is 26.8 Å². The first-order valence-corrected chi connectivity index (χ1v) is 9.94. The fraction of sp³-hybridized carbons (Fsp3) is 0.556. The lowest BCUT2D eigenvalue weighted by molar-refractivity contribution is -0.126. The van der Waals surface area contributed by atoms with Crippen LogP contribution < -0.4 is 16.2 Å². The van der Waals surface area contributed by atoms with Gasteiger partial charge in [0.05, 0.1) is 18.3 Å². The topological polar surface area (TPSA) is 102 Å². The summed E-state index contributed by atoms with van der Waals surface area (Å²) in [5.41, 5.74) is 0.919. The van der Waals surface area contributed by atoms with Crippen LogP contribution in [0.3, 0.4) is 0 Å². The molecule has 3 rings (SSSR count). The van der Waals surface area contributed by atoms with Crippen LogP contribution in [-0.4, -0.2) is 48.2 Å². The van der Waals surface area contributed by atoms with Crippen LogP contribution in [0.2, 0.25) is 0 Å². The molecule has 27 heavy (non-hydrogen) atoms. The number of aromatic nitrogens is 2. The molecule has 8 nitrogen and oxygen atoms in total. The molecule has 0 aliphatic heterocycles. The zero-order chi connectivity index (χ0) is 19.2. The molecule has 0 unspecified atom stereocenters. The normalized spacial score (nSPS) is 13.4. The molecular weight excluding hydrogens is 368 g/mol. The van der Waals surface area contributed by atoms with Crippen molar-refractivity contribution in [1.82, 2.24) is 20.2 Å². The minimum absolute atomic E-state index is 0.121. The maximum absolute atomic E-state index is 12.8. The Bertz CT molecular complexity index is 889. The van der Waals surface area contributed by atoms with Crippen molar-refractivity contribution in [3.05, 3.63) is 27.1 Å². The lowest BCUT2D eigenvalue weighted by atomic mass is 9.97. The molecule has 0 bridgehead atoms. The van der Waals surface area contributed by atoms with Crippen LogP contribution in [-0.2, 0) is 33.7 Å². The summed E-state index contributed by atoms with van der Waals surface area (Å²) >= 11 is 1.58. The van der Waals surface area contributed by atoms with Gasteiger partial charge in [-0.3, -0.25) is 19.0 Å². The molecule has 0 radical (unpaired) electrons. The number of thiophene rings is 1. The molecule has 1 aliphatic carbocycles. The van der Waals surface area contributed by atoms with Crippen LogP contribution in [0.25, 0.3) is 10.2 Å². The second-order valence-electron chi connectivity index (χ2n) is 6.54. The minimum Gasteiger partial charge on any atom is -0.385 e. The number of rotatable bonds is 8. The number of nitrogens with one attached hydrogen (secondary N) is 2. The molecule has 0 saturated heterocycles. The van der Waals surface area contributed by atoms with E-state index in [0.29, 0.717) is 25.0 Å². The maximum Gasteiger partial charge on any atom is 0.262 e. The highest BCUT2D eigenvalue weighted by molar-refractivity contribution is 7.18. The molecule has 0 saturated carbocycles. The van der Waals surface area contributed by atoms with Crippen molar-refractivity contribution in [1.29, 1.82) is 0 Å². The second-order valence-corrected chi connectivity index (χ2v) is 7.63. The van der Waals surface area contributed by atoms with Gasteiger partial charge in [-0.1, -0.05) is 0 Å². The van der Waals surface area contributed by atoms with Gasteiger partial charge < -0.3 is 15.4 Å². The summed E-state index contributed by atoms with van der Waals surface area (Å²) in [5, 5.41) is 5.88. The Kier molecular flexibility index (Phi) is 6.57. The Morgan fingerprint density at radius 3 is 2.89 bits per heavy atom. The predicted octanol–water partition coefficient (Wildman–Crippen LogP) is 0.606. The molecular formula is C18H24N4O4S. The van der Waals surface area contributed by atoms with E-state index in [2.05, 4.69) is 15.6 Å². The molecule has 9 heteroatoms. The number of hydrogen-bond donors (Lipinski definition) is 2. The Hall–Kier alpha value is -2.26. The van der Waals surface area contributed by atoms with E-state index in [4.69, 9.17) is 4.74 Å². The van der Waals surface area contributed by atoms with Crippen LogP contribution in [0.15, 0.2) is 11.1 Å². The van der Waals surface area contributed by atoms with Gasteiger partial charge in [-0.15, -0.1) is 11.3 Å². The molecule has 2 aromatic heterocycles. The summed E-state index contributed by atoms with van der Waals surface area (Å²) in [6.45, 7) is 0.788. The predicted molar refractivity (Wildman–Crippen MR) is 103 cm³/mol. The average molecular weight is 392 g/mol. The Balaban J connectivity index is 1.59. The van der Waals surface area contributed by atoms with Gasteiger partial charge in [0.1, 0.15) is 11.4 Å². The van der Waals surface area contributed by atoms with Gasteiger partial charge in [-0.2, -0.15) is 0 Å². The zero-order valence-corrected chi connectivity index (χ0v) is 16.2. The number of carbonyl (C=O) groups is 2. The first-order valence-electron chi connectivity index (χ1n) is 9.12. The van der Waals surface area contributed by atoms with E-state index in [1.165, 1.54) is 15.8 Å². The van der Waals surface area contributed by atoms with Crippen molar-refractivity contribution >= 4 is 33.4 Å². The highest BCUT2D eigenvalue weighted by Gasteiger charge is 2.20. The molecule has 1 aliphatic rings. The van der Waals surface area contributed by atoms with Gasteiger partial charge in [0.15, 0.2) is 0 Å². The van der Waals surface area contributed by atoms with Crippen LogP contribution in [0.4, 0.5) is 0 Å². The van der Waals surface area contributed by atoms with Crippen molar-refractivity contribution in [3.8, 4) is 0 Å². The minimum atomic E-state index is -0.394. The largest absolute Gasteiger partial charge is 0.385 e. The molecule has 146 valence electrons. The summed E-state index contributed by atoms with van der Waals surface area (Å²) in [4.78, 5) is 42.9. The van der Waals surface area contributed by atoms with Crippen LogP contribution in [0, 0.1) is 0 Å². The standard InChI is InChI=1S/C18H24N4O4S/c1-26-8-4-7-19-14(23)9-20-15(24)10-22-11-21-17-16(18(22)25)12-5-2-3-6-13(12)27-17/h11H,2-10H2,1H3,(H,19,23)(H,20,24). The second kappa shape index (κ2) is 9.09. The van der Waals surface area contributed by atoms with E-state index in [1.54, 1.807) is 18.4 Å². The Morgan fingerprint density at radius 1 is 1.26 bits per heavy atom. The van der Waals surface area contributed by atoms with Gasteiger partial charge >= 0.3 is 0 Å². The summed E-state index contributed by atoms with van der Waals surface area (Å²) in [6.07, 6.45) is 6.23. The van der Waals surface area contributed by atoms with Crippen LogP contribution in [0.1, 0.15) is 29.7 Å². The molecule has 2 heterocycles. The maximum atomic E-state index is 12.8. The molecule has 2 amide bonds. The summed E-state index contributed by atoms with van der Waals surface area (Å²) < 4.78 is 6.22. The quantitative estimate of drug-likeness (QED) is 0.641. The van der Waals surface area contributed by atoms with Crippen molar-refractivity contribution < 1.29 is 14.3 Å². The zero-order valence-electron chi connectivity index (χ0n) is 15.4. The third kappa shape index (κ3) is 4.72. The average Bonchev–Trinajstić information content (AvgIpc) is 3.05. The van der Waals surface area contributed by atoms with Gasteiger partial charge in [0.25, 0.3) is 5.56 Å². The highest BCUT2D eigenvalue weighted by atomic mass is 32.1. The van der Waals surface area contributed by atoms with Crippen molar-refractivity contribution in [2.24, 2.45) is 0 Å². The lowest BCUT2D eigenvalue weighted by Gasteiger charge is -2.10. The number of ether oxygens (including phenoxy) is 1. The van der Waals surface area contributed by atoms with Crippen molar-refractivity contribution in [2.45, 2.75) is 38.6 Å². The van der Waals surface area contributed by atoms with Gasteiger partial charge in [-0.05, 0) is 37.7 Å². The molecule has 0 atom stereocenters. The van der Waals surface area contributed by atoms with E-state index in [0.717, 1.165) is 36.1 Å². The number of nitrogens with zero attached hydrogens (tertiary/aromatic N) is 2. The number of carbonyl (C=O) groups excluding carboxylic acids is 2. The summed E-state index contributed by atoms with van der Waals surface area (Å²) in [6, 6.07) is 0. The van der Waals surface area contributed by atoms with E-state index in [9.17, 15) is 14.4 Å². The number of fused-ring (bicyclic) bond motifs is 3. The highest BCUT2D eigenvalue weighted by Crippen LogP contribution is 2.33. The van der Waals surface area contributed by atoms with Gasteiger partial charge in [-0.25, -0.2) is 4.98 Å². The first kappa shape index (κ1) is 19.5. The van der Waals surface area contributed by atoms with Gasteiger partial charge in [0.2, 0.25) is 11.8 Å². The first-order chi connectivity index (χ1) is 13.1. The number of hydrogen-bond acceptors (Lipinski definition) is 6. The fourth-order valence-electron chi connectivity index (χ4n) is 3.19. The molecule has 0 spiro atoms. The van der Waals surface area contributed by atoms with Crippen LogP contribution >= 0.6 is 11.3 Å². The number of aryl methyl sites for hydroxylation is 2. The summed E-state index contributed by atoms with van der Waals surface area (Å²) in [7, 11) is 1.60. The molecule has 2 aromatic rings. The monoisotopic (exact) mass is 392 g/mol. The lowest BCUT2D eigenvalue weighted by Crippen LogP contribution is -2.40. The van der Waals surface area contributed by atoms with Gasteiger partial charge in [0, 0.05) is 25.1 Å². The van der Waals surface area contributed by atoms with E-state index in [1.807, 2.05) is 0 Å². The molecule has 0 fully saturated rings. The fourth-order valence-corrected chi connectivity index (χ4v) is 4.41. The molecule has 2 N–H and O–H groups in total. The number of methoxy groups -OCH3 is 1. The SMILES string of the molecule is COCCCNC(=O)CNC(=O)Cn1cnc2sc3c(c2c1=O)CCCC3. The number of amides is 2. The summed E-state index contributed by atoms with van der Waals surface area (Å²) in [5.74, 6) is -0.665. The van der Waals surface area contributed by atoms with Crippen LogP contribution in [0.5, 0.6) is 0 Å². The smallest absolute Gasteiger partial charge is 0.262 e. The van der Waals surface area contributed by atoms with Crippen molar-refractivity contribution in [3.63, 3.8) is 0 Å². The molecule has 0 aromatic carbocycles. The van der Waals surface area contributed by atoms with E-state index in [-0.39, 0.29) is 24.6 Å². The Morgan fingerprint density at radius 2 is 2.07 bits per heavy atom. The third-order valence-corrected chi connectivity index (χ3v) is 5.75. The van der Waals surface area contributed by atoms with E-state index >= 15 is 0 Å². The third-order valence-electron chi connectivity index (χ3n) is 4.55. The Labute approximate surface area is 160 Å². The van der Waals surface area contributed by atoms with E-state index < -0.39 is 5.91 Å².